The van der Waals surface area contributed by atoms with Gasteiger partial charge in [0, 0.05) is 17.9 Å². The van der Waals surface area contributed by atoms with Gasteiger partial charge in [0.25, 0.3) is 0 Å². The Morgan fingerprint density at radius 2 is 1.82 bits per heavy atom. The number of carbonyl (C=O) groups is 2. The first-order valence-electron chi connectivity index (χ1n) is 8.77. The molecule has 0 aliphatic rings. The molecule has 0 unspecified atom stereocenters. The quantitative estimate of drug-likeness (QED) is 0.227. The Morgan fingerprint density at radius 3 is 2.43 bits per heavy atom. The first-order chi connectivity index (χ1) is 13.3. The molecule has 0 bridgehead atoms. The summed E-state index contributed by atoms with van der Waals surface area (Å²) in [5.74, 6) is 0.861. The van der Waals surface area contributed by atoms with Crippen molar-refractivity contribution in [2.24, 2.45) is 0 Å². The predicted octanol–water partition coefficient (Wildman–Crippen LogP) is 5.42. The van der Waals surface area contributed by atoms with E-state index in [9.17, 15) is 9.59 Å². The van der Waals surface area contributed by atoms with Crippen LogP contribution in [0.25, 0.3) is 11.0 Å². The molecule has 0 amide bonds. The van der Waals surface area contributed by atoms with Crippen LogP contribution in [0.15, 0.2) is 28.7 Å². The fourth-order valence-corrected chi connectivity index (χ4v) is 3.61. The number of halogens is 1. The molecule has 0 fully saturated rings. The second kappa shape index (κ2) is 7.80. The Morgan fingerprint density at radius 1 is 1.11 bits per heavy atom. The van der Waals surface area contributed by atoms with Crippen LogP contribution in [0, 0.1) is 20.8 Å². The maximum atomic E-state index is 13.4. The van der Waals surface area contributed by atoms with Crippen LogP contribution in [-0.4, -0.2) is 18.9 Å². The minimum Gasteiger partial charge on any atom is -0.496 e. The van der Waals surface area contributed by atoms with Crippen molar-refractivity contribution in [3.05, 3.63) is 57.8 Å². The Balaban J connectivity index is 2.24. The molecule has 6 heteroatoms. The second-order valence-corrected chi connectivity index (χ2v) is 7.23. The average Bonchev–Trinajstić information content (AvgIpc) is 3.04. The first kappa shape index (κ1) is 20.1. The van der Waals surface area contributed by atoms with Gasteiger partial charge in [0.15, 0.2) is 17.1 Å². The van der Waals surface area contributed by atoms with Crippen molar-refractivity contribution >= 4 is 38.7 Å². The number of fused-ring (bicyclic) bond motifs is 1. The Labute approximate surface area is 171 Å². The molecule has 0 saturated carbocycles. The number of benzene rings is 2. The van der Waals surface area contributed by atoms with Gasteiger partial charge in [0.2, 0.25) is 0 Å². The predicted molar refractivity (Wildman–Crippen MR) is 111 cm³/mol. The number of methoxy groups -OCH3 is 1. The van der Waals surface area contributed by atoms with E-state index in [0.717, 1.165) is 16.7 Å². The molecule has 1 aromatic heterocycles. The zero-order valence-corrected chi connectivity index (χ0v) is 18.0. The van der Waals surface area contributed by atoms with Gasteiger partial charge in [-0.05, 0) is 55.7 Å². The molecule has 28 heavy (non-hydrogen) atoms. The van der Waals surface area contributed by atoms with Gasteiger partial charge in [-0.2, -0.15) is 0 Å². The van der Waals surface area contributed by atoms with Crippen molar-refractivity contribution in [1.29, 1.82) is 0 Å². The fourth-order valence-electron chi connectivity index (χ4n) is 3.21. The normalized spacial score (nSPS) is 10.9. The van der Waals surface area contributed by atoms with E-state index in [2.05, 4.69) is 15.9 Å². The van der Waals surface area contributed by atoms with E-state index in [1.54, 1.807) is 13.2 Å². The second-order valence-electron chi connectivity index (χ2n) is 6.67. The summed E-state index contributed by atoms with van der Waals surface area (Å²) < 4.78 is 16.7. The van der Waals surface area contributed by atoms with Crippen molar-refractivity contribution in [1.82, 2.24) is 0 Å². The molecular weight excluding hydrogens is 424 g/mol. The van der Waals surface area contributed by atoms with Crippen LogP contribution in [0.4, 0.5) is 0 Å². The largest absolute Gasteiger partial charge is 0.496 e. The standard InChI is InChI=1S/C22H21BrO5/c1-11-6-7-16-19(18(10-23)28-22(16)21(11)27-14(4)24)20(25)15-8-12(2)13(3)17(9-15)26-5/h6-9H,10H2,1-5H3. The average molecular weight is 445 g/mol. The highest BCUT2D eigenvalue weighted by molar-refractivity contribution is 9.08. The Hall–Kier alpha value is -2.60. The zero-order chi connectivity index (χ0) is 20.6. The van der Waals surface area contributed by atoms with Gasteiger partial charge < -0.3 is 13.9 Å². The molecule has 5 nitrogen and oxygen atoms in total. The van der Waals surface area contributed by atoms with Gasteiger partial charge in [0.05, 0.1) is 18.0 Å². The van der Waals surface area contributed by atoms with Gasteiger partial charge in [-0.15, -0.1) is 0 Å². The summed E-state index contributed by atoms with van der Waals surface area (Å²) in [4.78, 5) is 24.9. The molecule has 0 spiro atoms. The van der Waals surface area contributed by atoms with Crippen molar-refractivity contribution in [2.75, 3.05) is 7.11 Å². The molecule has 3 aromatic rings. The van der Waals surface area contributed by atoms with Crippen LogP contribution in [0.5, 0.6) is 11.5 Å². The third-order valence-electron chi connectivity index (χ3n) is 4.78. The Kier molecular flexibility index (Phi) is 5.61. The van der Waals surface area contributed by atoms with Gasteiger partial charge >= 0.3 is 5.97 Å². The smallest absolute Gasteiger partial charge is 0.308 e. The van der Waals surface area contributed by atoms with Crippen molar-refractivity contribution < 1.29 is 23.5 Å². The van der Waals surface area contributed by atoms with Crippen molar-refractivity contribution in [3.63, 3.8) is 0 Å². The lowest BCUT2D eigenvalue weighted by molar-refractivity contribution is -0.131. The third kappa shape index (κ3) is 3.44. The molecule has 0 atom stereocenters. The van der Waals surface area contributed by atoms with Gasteiger partial charge in [0.1, 0.15) is 11.5 Å². The summed E-state index contributed by atoms with van der Waals surface area (Å²) in [7, 11) is 1.58. The number of furan rings is 1. The maximum absolute atomic E-state index is 13.4. The number of ether oxygens (including phenoxy) is 2. The highest BCUT2D eigenvalue weighted by atomic mass is 79.9. The number of alkyl halides is 1. The first-order valence-corrected chi connectivity index (χ1v) is 9.89. The highest BCUT2D eigenvalue weighted by Gasteiger charge is 2.25. The summed E-state index contributed by atoms with van der Waals surface area (Å²) in [6.07, 6.45) is 0. The van der Waals surface area contributed by atoms with E-state index in [1.165, 1.54) is 6.92 Å². The molecule has 146 valence electrons. The minimum atomic E-state index is -0.445. The molecule has 3 rings (SSSR count). The zero-order valence-electron chi connectivity index (χ0n) is 16.4. The number of hydrogen-bond acceptors (Lipinski definition) is 5. The van der Waals surface area contributed by atoms with E-state index in [1.807, 2.05) is 39.0 Å². The summed E-state index contributed by atoms with van der Waals surface area (Å²) in [6.45, 7) is 7.05. The van der Waals surface area contributed by atoms with E-state index >= 15 is 0 Å². The number of carbonyl (C=O) groups excluding carboxylic acids is 2. The molecule has 0 radical (unpaired) electrons. The highest BCUT2D eigenvalue weighted by Crippen LogP contribution is 2.38. The summed E-state index contributed by atoms with van der Waals surface area (Å²) in [5.41, 5.74) is 4.06. The van der Waals surface area contributed by atoms with Crippen LogP contribution in [-0.2, 0) is 10.1 Å². The summed E-state index contributed by atoms with van der Waals surface area (Å²) in [6, 6.07) is 7.21. The lowest BCUT2D eigenvalue weighted by Crippen LogP contribution is -2.06. The Bertz CT molecular complexity index is 1090. The van der Waals surface area contributed by atoms with Crippen LogP contribution in [0.1, 0.15) is 45.3 Å². The van der Waals surface area contributed by atoms with E-state index in [-0.39, 0.29) is 5.78 Å². The summed E-state index contributed by atoms with van der Waals surface area (Å²) in [5, 5.41) is 0.960. The number of ketones is 1. The fraction of sp³-hybridized carbons (Fsp3) is 0.273. The van der Waals surface area contributed by atoms with Gasteiger partial charge in [-0.1, -0.05) is 22.0 Å². The number of rotatable bonds is 5. The van der Waals surface area contributed by atoms with E-state index < -0.39 is 5.97 Å². The number of aryl methyl sites for hydroxylation is 2. The van der Waals surface area contributed by atoms with Crippen LogP contribution < -0.4 is 9.47 Å². The molecule has 0 N–H and O–H groups in total. The molecule has 0 aliphatic carbocycles. The van der Waals surface area contributed by atoms with Gasteiger partial charge in [-0.25, -0.2) is 0 Å². The monoisotopic (exact) mass is 444 g/mol. The van der Waals surface area contributed by atoms with E-state index in [4.69, 9.17) is 13.9 Å². The van der Waals surface area contributed by atoms with Crippen molar-refractivity contribution in [2.45, 2.75) is 33.0 Å². The topological polar surface area (TPSA) is 65.7 Å². The maximum Gasteiger partial charge on any atom is 0.308 e. The van der Waals surface area contributed by atoms with Crippen LogP contribution in [0.3, 0.4) is 0 Å². The van der Waals surface area contributed by atoms with Crippen LogP contribution >= 0.6 is 15.9 Å². The molecule has 1 heterocycles. The lowest BCUT2D eigenvalue weighted by Gasteiger charge is -2.11. The van der Waals surface area contributed by atoms with E-state index in [0.29, 0.717) is 44.7 Å². The number of esters is 1. The summed E-state index contributed by atoms with van der Waals surface area (Å²) >= 11 is 3.40. The van der Waals surface area contributed by atoms with Crippen molar-refractivity contribution in [3.8, 4) is 11.5 Å². The SMILES string of the molecule is COc1cc(C(=O)c2c(CBr)oc3c(OC(C)=O)c(C)ccc23)cc(C)c1C. The third-order valence-corrected chi connectivity index (χ3v) is 5.29. The molecular formula is C22H21BrO5. The minimum absolute atomic E-state index is 0.174. The van der Waals surface area contributed by atoms with Crippen LogP contribution in [0.2, 0.25) is 0 Å². The number of hydrogen-bond donors (Lipinski definition) is 0. The van der Waals surface area contributed by atoms with Gasteiger partial charge in [-0.3, -0.25) is 9.59 Å². The lowest BCUT2D eigenvalue weighted by atomic mass is 9.96. The molecule has 2 aromatic carbocycles. The molecule has 0 aliphatic heterocycles. The molecule has 0 saturated heterocycles.